The second kappa shape index (κ2) is 4.19. The molecule has 0 heterocycles. The van der Waals surface area contributed by atoms with Gasteiger partial charge in [-0.05, 0) is 42.9 Å². The van der Waals surface area contributed by atoms with Crippen LogP contribution in [0.3, 0.4) is 0 Å². The lowest BCUT2D eigenvalue weighted by Gasteiger charge is -2.10. The smallest absolute Gasteiger partial charge is 0.165 e. The lowest BCUT2D eigenvalue weighted by atomic mass is 10.0. The van der Waals surface area contributed by atoms with Crippen molar-refractivity contribution >= 4 is 0 Å². The predicted octanol–water partition coefficient (Wildman–Crippen LogP) is 2.15. The summed E-state index contributed by atoms with van der Waals surface area (Å²) in [5.74, 6) is 0.313. The SMILES string of the molecule is COc1ccc(CC(O)C2CC2)cc1F. The molecule has 0 amide bonds. The van der Waals surface area contributed by atoms with Gasteiger partial charge in [0.15, 0.2) is 11.6 Å². The molecule has 3 heteroatoms. The van der Waals surface area contributed by atoms with Crippen molar-refractivity contribution in [3.63, 3.8) is 0 Å². The molecule has 0 aliphatic heterocycles. The lowest BCUT2D eigenvalue weighted by Crippen LogP contribution is -2.12. The van der Waals surface area contributed by atoms with Crippen LogP contribution in [0, 0.1) is 11.7 Å². The van der Waals surface area contributed by atoms with Crippen molar-refractivity contribution in [3.8, 4) is 5.75 Å². The number of ether oxygens (including phenoxy) is 1. The zero-order valence-corrected chi connectivity index (χ0v) is 8.74. The fourth-order valence-electron chi connectivity index (χ4n) is 1.73. The highest BCUT2D eigenvalue weighted by Gasteiger charge is 2.29. The minimum absolute atomic E-state index is 0.250. The molecule has 1 aliphatic rings. The van der Waals surface area contributed by atoms with E-state index in [9.17, 15) is 9.50 Å². The normalized spacial score (nSPS) is 17.5. The van der Waals surface area contributed by atoms with Crippen molar-refractivity contribution < 1.29 is 14.2 Å². The summed E-state index contributed by atoms with van der Waals surface area (Å²) in [6.45, 7) is 0. The molecule has 1 aliphatic carbocycles. The van der Waals surface area contributed by atoms with Gasteiger partial charge in [0.05, 0.1) is 13.2 Å². The molecule has 1 aromatic carbocycles. The van der Waals surface area contributed by atoms with Crippen molar-refractivity contribution in [2.24, 2.45) is 5.92 Å². The topological polar surface area (TPSA) is 29.5 Å². The molecule has 1 atom stereocenters. The molecule has 1 unspecified atom stereocenters. The first-order valence-corrected chi connectivity index (χ1v) is 5.21. The molecule has 1 N–H and O–H groups in total. The lowest BCUT2D eigenvalue weighted by molar-refractivity contribution is 0.151. The first kappa shape index (κ1) is 10.4. The summed E-state index contributed by atoms with van der Waals surface area (Å²) in [6, 6.07) is 4.84. The van der Waals surface area contributed by atoms with Crippen LogP contribution in [0.5, 0.6) is 5.75 Å². The van der Waals surface area contributed by atoms with E-state index >= 15 is 0 Å². The average molecular weight is 210 g/mol. The Kier molecular flexibility index (Phi) is 2.91. The molecule has 1 fully saturated rings. The zero-order valence-electron chi connectivity index (χ0n) is 8.74. The Morgan fingerprint density at radius 2 is 2.27 bits per heavy atom. The minimum Gasteiger partial charge on any atom is -0.494 e. The van der Waals surface area contributed by atoms with E-state index in [1.54, 1.807) is 12.1 Å². The summed E-state index contributed by atoms with van der Waals surface area (Å²) in [7, 11) is 1.44. The van der Waals surface area contributed by atoms with E-state index in [2.05, 4.69) is 0 Å². The van der Waals surface area contributed by atoms with Crippen molar-refractivity contribution in [2.75, 3.05) is 7.11 Å². The zero-order chi connectivity index (χ0) is 10.8. The summed E-state index contributed by atoms with van der Waals surface area (Å²) in [5, 5.41) is 9.71. The molecule has 0 aromatic heterocycles. The highest BCUT2D eigenvalue weighted by molar-refractivity contribution is 5.29. The Morgan fingerprint density at radius 3 is 2.80 bits per heavy atom. The number of rotatable bonds is 4. The van der Waals surface area contributed by atoms with Gasteiger partial charge in [0.25, 0.3) is 0 Å². The molecule has 2 rings (SSSR count). The summed E-state index contributed by atoms with van der Waals surface area (Å²) < 4.78 is 18.1. The van der Waals surface area contributed by atoms with Crippen LogP contribution < -0.4 is 4.74 Å². The minimum atomic E-state index is -0.363. The van der Waals surface area contributed by atoms with Crippen LogP contribution in [0.4, 0.5) is 4.39 Å². The van der Waals surface area contributed by atoms with Gasteiger partial charge < -0.3 is 9.84 Å². The molecule has 0 saturated heterocycles. The van der Waals surface area contributed by atoms with Crippen molar-refractivity contribution in [1.29, 1.82) is 0 Å². The maximum absolute atomic E-state index is 13.3. The van der Waals surface area contributed by atoms with E-state index in [1.165, 1.54) is 13.2 Å². The Bertz CT molecular complexity index is 347. The van der Waals surface area contributed by atoms with Crippen LogP contribution in [0.15, 0.2) is 18.2 Å². The van der Waals surface area contributed by atoms with E-state index in [0.717, 1.165) is 18.4 Å². The van der Waals surface area contributed by atoms with Gasteiger partial charge in [-0.2, -0.15) is 0 Å². The van der Waals surface area contributed by atoms with Gasteiger partial charge in [0.2, 0.25) is 0 Å². The molecule has 15 heavy (non-hydrogen) atoms. The Balaban J connectivity index is 2.05. The molecular formula is C12H15FO2. The highest BCUT2D eigenvalue weighted by Crippen LogP contribution is 2.34. The van der Waals surface area contributed by atoms with Gasteiger partial charge in [0, 0.05) is 0 Å². The fraction of sp³-hybridized carbons (Fsp3) is 0.500. The number of halogens is 1. The summed E-state index contributed by atoms with van der Waals surface area (Å²) in [4.78, 5) is 0. The average Bonchev–Trinajstić information content (AvgIpc) is 3.01. The third kappa shape index (κ3) is 2.48. The molecule has 1 saturated carbocycles. The molecule has 0 bridgehead atoms. The third-order valence-corrected chi connectivity index (χ3v) is 2.83. The van der Waals surface area contributed by atoms with E-state index < -0.39 is 0 Å². The molecule has 0 radical (unpaired) electrons. The number of aliphatic hydroxyl groups excluding tert-OH is 1. The van der Waals surface area contributed by atoms with Crippen LogP contribution in [0.25, 0.3) is 0 Å². The fourth-order valence-corrected chi connectivity index (χ4v) is 1.73. The second-order valence-corrected chi connectivity index (χ2v) is 4.08. The van der Waals surface area contributed by atoms with Gasteiger partial charge in [0.1, 0.15) is 0 Å². The molecule has 1 aromatic rings. The van der Waals surface area contributed by atoms with Crippen molar-refractivity contribution in [2.45, 2.75) is 25.4 Å². The largest absolute Gasteiger partial charge is 0.494 e. The van der Waals surface area contributed by atoms with Crippen molar-refractivity contribution in [1.82, 2.24) is 0 Å². The standard InChI is InChI=1S/C12H15FO2/c1-15-12-5-2-8(6-10(12)13)7-11(14)9-3-4-9/h2,5-6,9,11,14H,3-4,7H2,1H3. The highest BCUT2D eigenvalue weighted by atomic mass is 19.1. The number of methoxy groups -OCH3 is 1. The van der Waals surface area contributed by atoms with Crippen LogP contribution in [-0.4, -0.2) is 18.3 Å². The van der Waals surface area contributed by atoms with Gasteiger partial charge in [-0.3, -0.25) is 0 Å². The van der Waals surface area contributed by atoms with E-state index in [1.807, 2.05) is 0 Å². The van der Waals surface area contributed by atoms with E-state index in [0.29, 0.717) is 12.3 Å². The number of hydrogen-bond acceptors (Lipinski definition) is 2. The maximum atomic E-state index is 13.3. The number of benzene rings is 1. The van der Waals surface area contributed by atoms with Crippen LogP contribution in [0.2, 0.25) is 0 Å². The van der Waals surface area contributed by atoms with Gasteiger partial charge in [-0.15, -0.1) is 0 Å². The Hall–Kier alpha value is -1.09. The second-order valence-electron chi connectivity index (χ2n) is 4.08. The van der Waals surface area contributed by atoms with Crippen LogP contribution in [-0.2, 0) is 6.42 Å². The summed E-state index contributed by atoms with van der Waals surface area (Å²) in [5.41, 5.74) is 0.827. The monoisotopic (exact) mass is 210 g/mol. The van der Waals surface area contributed by atoms with Crippen molar-refractivity contribution in [3.05, 3.63) is 29.6 Å². The Morgan fingerprint density at radius 1 is 1.53 bits per heavy atom. The molecular weight excluding hydrogens is 195 g/mol. The quantitative estimate of drug-likeness (QED) is 0.825. The third-order valence-electron chi connectivity index (χ3n) is 2.83. The predicted molar refractivity (Wildman–Crippen MR) is 55.4 cm³/mol. The summed E-state index contributed by atoms with van der Waals surface area (Å²) >= 11 is 0. The Labute approximate surface area is 88.7 Å². The summed E-state index contributed by atoms with van der Waals surface area (Å²) in [6.07, 6.45) is 2.41. The van der Waals surface area contributed by atoms with Gasteiger partial charge in [-0.25, -0.2) is 4.39 Å². The first-order chi connectivity index (χ1) is 7.20. The van der Waals surface area contributed by atoms with Crippen LogP contribution in [0.1, 0.15) is 18.4 Å². The number of hydrogen-bond donors (Lipinski definition) is 1. The molecule has 2 nitrogen and oxygen atoms in total. The van der Waals surface area contributed by atoms with Crippen LogP contribution >= 0.6 is 0 Å². The van der Waals surface area contributed by atoms with E-state index in [-0.39, 0.29) is 17.7 Å². The molecule has 0 spiro atoms. The first-order valence-electron chi connectivity index (χ1n) is 5.21. The number of aliphatic hydroxyl groups is 1. The maximum Gasteiger partial charge on any atom is 0.165 e. The molecule has 82 valence electrons. The van der Waals surface area contributed by atoms with E-state index in [4.69, 9.17) is 4.74 Å². The van der Waals surface area contributed by atoms with Gasteiger partial charge in [-0.1, -0.05) is 6.07 Å². The van der Waals surface area contributed by atoms with Gasteiger partial charge >= 0.3 is 0 Å².